The molecule has 0 amide bonds. The van der Waals surface area contributed by atoms with Gasteiger partial charge in [-0.2, -0.15) is 0 Å². The third-order valence-electron chi connectivity index (χ3n) is 5.78. The van der Waals surface area contributed by atoms with Gasteiger partial charge in [-0.3, -0.25) is 0 Å². The Hall–Kier alpha value is -1.90. The van der Waals surface area contributed by atoms with Crippen LogP contribution in [0, 0.1) is 0 Å². The SMILES string of the molecule is CC(C1=CCC(C)(N)C=C1)c1cccc(C(C)C2=CCC(C)(N)C=C2)c1. The fraction of sp³-hybridized carbons (Fsp3) is 0.417. The molecule has 2 aliphatic rings. The molecule has 0 radical (unpaired) electrons. The second kappa shape index (κ2) is 7.02. The molecule has 2 heteroatoms. The standard InChI is InChI=1S/C24H32N2/c1-17(19-8-12-23(3,25)13-9-19)21-6-5-7-22(16-21)18(2)20-10-14-24(4,26)15-11-20/h5-12,14,16-18H,13,15,25-26H2,1-4H3. The van der Waals surface area contributed by atoms with E-state index in [1.165, 1.54) is 22.3 Å². The van der Waals surface area contributed by atoms with Crippen LogP contribution in [0.15, 0.2) is 71.9 Å². The van der Waals surface area contributed by atoms with Crippen LogP contribution in [0.1, 0.15) is 63.5 Å². The zero-order valence-corrected chi connectivity index (χ0v) is 16.5. The van der Waals surface area contributed by atoms with E-state index in [-0.39, 0.29) is 11.1 Å². The first-order valence-corrected chi connectivity index (χ1v) is 9.63. The molecule has 2 nitrogen and oxygen atoms in total. The summed E-state index contributed by atoms with van der Waals surface area (Å²) < 4.78 is 0. The largest absolute Gasteiger partial charge is 0.322 e. The minimum atomic E-state index is -0.211. The van der Waals surface area contributed by atoms with Gasteiger partial charge in [0.1, 0.15) is 0 Å². The number of hydrogen-bond acceptors (Lipinski definition) is 2. The normalized spacial score (nSPS) is 30.5. The molecule has 0 aromatic heterocycles. The Bertz CT molecular complexity index is 727. The molecule has 1 aromatic rings. The molecule has 2 aliphatic carbocycles. The minimum absolute atomic E-state index is 0.211. The molecule has 0 aliphatic heterocycles. The Kier molecular flexibility index (Phi) is 5.09. The molecule has 0 saturated carbocycles. The quantitative estimate of drug-likeness (QED) is 0.795. The van der Waals surface area contributed by atoms with Gasteiger partial charge in [0.25, 0.3) is 0 Å². The van der Waals surface area contributed by atoms with Gasteiger partial charge in [-0.15, -0.1) is 0 Å². The number of rotatable bonds is 4. The molecular weight excluding hydrogens is 316 g/mol. The van der Waals surface area contributed by atoms with Crippen molar-refractivity contribution in [3.63, 3.8) is 0 Å². The van der Waals surface area contributed by atoms with Gasteiger partial charge in [-0.25, -0.2) is 0 Å². The van der Waals surface area contributed by atoms with E-state index in [1.54, 1.807) is 0 Å². The van der Waals surface area contributed by atoms with Crippen molar-refractivity contribution >= 4 is 0 Å². The monoisotopic (exact) mass is 348 g/mol. The highest BCUT2D eigenvalue weighted by Gasteiger charge is 2.22. The lowest BCUT2D eigenvalue weighted by molar-refractivity contribution is 0.582. The molecule has 4 N–H and O–H groups in total. The van der Waals surface area contributed by atoms with E-state index in [1.807, 2.05) is 0 Å². The Labute approximate surface area is 158 Å². The summed E-state index contributed by atoms with van der Waals surface area (Å²) in [7, 11) is 0. The predicted octanol–water partition coefficient (Wildman–Crippen LogP) is 5.10. The summed E-state index contributed by atoms with van der Waals surface area (Å²) in [5.41, 5.74) is 17.4. The van der Waals surface area contributed by atoms with Crippen molar-refractivity contribution in [2.24, 2.45) is 11.5 Å². The van der Waals surface area contributed by atoms with Crippen LogP contribution in [-0.2, 0) is 0 Å². The smallest absolute Gasteiger partial charge is 0.0348 e. The van der Waals surface area contributed by atoms with E-state index < -0.39 is 0 Å². The second-order valence-corrected chi connectivity index (χ2v) is 8.61. The Morgan fingerprint density at radius 3 is 1.58 bits per heavy atom. The Morgan fingerprint density at radius 2 is 1.23 bits per heavy atom. The highest BCUT2D eigenvalue weighted by molar-refractivity contribution is 5.43. The van der Waals surface area contributed by atoms with Gasteiger partial charge >= 0.3 is 0 Å². The van der Waals surface area contributed by atoms with Crippen LogP contribution >= 0.6 is 0 Å². The molecule has 0 spiro atoms. The number of nitrogens with two attached hydrogens (primary N) is 2. The lowest BCUT2D eigenvalue weighted by atomic mass is 9.81. The van der Waals surface area contributed by atoms with E-state index in [2.05, 4.69) is 88.4 Å². The van der Waals surface area contributed by atoms with Crippen molar-refractivity contribution in [2.45, 2.75) is 63.5 Å². The summed E-state index contributed by atoms with van der Waals surface area (Å²) in [6, 6.07) is 8.99. The zero-order chi connectivity index (χ0) is 18.9. The van der Waals surface area contributed by atoms with Crippen LogP contribution in [0.3, 0.4) is 0 Å². The molecule has 4 unspecified atom stereocenters. The molecule has 0 bridgehead atoms. The van der Waals surface area contributed by atoms with Crippen molar-refractivity contribution in [2.75, 3.05) is 0 Å². The van der Waals surface area contributed by atoms with E-state index in [0.717, 1.165) is 12.8 Å². The van der Waals surface area contributed by atoms with E-state index in [4.69, 9.17) is 11.5 Å². The minimum Gasteiger partial charge on any atom is -0.322 e. The fourth-order valence-corrected chi connectivity index (χ4v) is 3.65. The maximum Gasteiger partial charge on any atom is 0.0348 e. The molecule has 0 saturated heterocycles. The van der Waals surface area contributed by atoms with Crippen LogP contribution in [0.25, 0.3) is 0 Å². The highest BCUT2D eigenvalue weighted by Crippen LogP contribution is 2.34. The molecule has 26 heavy (non-hydrogen) atoms. The Balaban J connectivity index is 1.79. The summed E-state index contributed by atoms with van der Waals surface area (Å²) in [6.45, 7) is 8.69. The lowest BCUT2D eigenvalue weighted by Gasteiger charge is -2.27. The molecule has 138 valence electrons. The Morgan fingerprint density at radius 1 is 0.808 bits per heavy atom. The van der Waals surface area contributed by atoms with Crippen LogP contribution in [0.5, 0.6) is 0 Å². The van der Waals surface area contributed by atoms with Crippen molar-refractivity contribution in [3.05, 3.63) is 83.0 Å². The maximum atomic E-state index is 6.19. The van der Waals surface area contributed by atoms with Gasteiger partial charge in [0.2, 0.25) is 0 Å². The molecule has 0 fully saturated rings. The summed E-state index contributed by atoms with van der Waals surface area (Å²) in [4.78, 5) is 0. The molecular formula is C24H32N2. The van der Waals surface area contributed by atoms with E-state index >= 15 is 0 Å². The van der Waals surface area contributed by atoms with Crippen molar-refractivity contribution in [1.29, 1.82) is 0 Å². The number of allylic oxidation sites excluding steroid dienone is 4. The lowest BCUT2D eigenvalue weighted by Crippen LogP contribution is -2.34. The number of benzene rings is 1. The third-order valence-corrected chi connectivity index (χ3v) is 5.78. The van der Waals surface area contributed by atoms with Crippen LogP contribution in [-0.4, -0.2) is 11.1 Å². The van der Waals surface area contributed by atoms with Crippen molar-refractivity contribution in [3.8, 4) is 0 Å². The van der Waals surface area contributed by atoms with Gasteiger partial charge in [-0.1, -0.05) is 74.6 Å². The van der Waals surface area contributed by atoms with E-state index in [0.29, 0.717) is 11.8 Å². The van der Waals surface area contributed by atoms with Gasteiger partial charge in [0, 0.05) is 22.9 Å². The summed E-state index contributed by atoms with van der Waals surface area (Å²) in [6.07, 6.45) is 15.0. The van der Waals surface area contributed by atoms with Gasteiger partial charge in [-0.05, 0) is 49.0 Å². The highest BCUT2D eigenvalue weighted by atomic mass is 14.7. The van der Waals surface area contributed by atoms with Crippen LogP contribution in [0.4, 0.5) is 0 Å². The first-order valence-electron chi connectivity index (χ1n) is 9.63. The van der Waals surface area contributed by atoms with Crippen molar-refractivity contribution < 1.29 is 0 Å². The maximum absolute atomic E-state index is 6.19. The van der Waals surface area contributed by atoms with Crippen molar-refractivity contribution in [1.82, 2.24) is 0 Å². The van der Waals surface area contributed by atoms with Crippen LogP contribution < -0.4 is 11.5 Å². The zero-order valence-electron chi connectivity index (χ0n) is 16.5. The molecule has 4 atom stereocenters. The van der Waals surface area contributed by atoms with E-state index in [9.17, 15) is 0 Å². The predicted molar refractivity (Wildman–Crippen MR) is 112 cm³/mol. The fourth-order valence-electron chi connectivity index (χ4n) is 3.65. The topological polar surface area (TPSA) is 52.0 Å². The number of hydrogen-bond donors (Lipinski definition) is 2. The summed E-state index contributed by atoms with van der Waals surface area (Å²) in [5.74, 6) is 0.746. The van der Waals surface area contributed by atoms with Gasteiger partial charge in [0.15, 0.2) is 0 Å². The average Bonchev–Trinajstić information content (AvgIpc) is 2.61. The third kappa shape index (κ3) is 4.25. The second-order valence-electron chi connectivity index (χ2n) is 8.61. The van der Waals surface area contributed by atoms with Gasteiger partial charge < -0.3 is 11.5 Å². The summed E-state index contributed by atoms with van der Waals surface area (Å²) >= 11 is 0. The molecule has 0 heterocycles. The average molecular weight is 349 g/mol. The van der Waals surface area contributed by atoms with Gasteiger partial charge in [0.05, 0.1) is 0 Å². The first kappa shape index (κ1) is 18.9. The van der Waals surface area contributed by atoms with Crippen LogP contribution in [0.2, 0.25) is 0 Å². The molecule has 3 rings (SSSR count). The summed E-state index contributed by atoms with van der Waals surface area (Å²) in [5, 5.41) is 0. The first-order chi connectivity index (χ1) is 12.2. The molecule has 1 aromatic carbocycles.